The van der Waals surface area contributed by atoms with Gasteiger partial charge >= 0.3 is 5.97 Å². The summed E-state index contributed by atoms with van der Waals surface area (Å²) < 4.78 is 5.04. The van der Waals surface area contributed by atoms with Crippen LogP contribution in [0, 0.1) is 0 Å². The Labute approximate surface area is 186 Å². The first-order chi connectivity index (χ1) is 15.0. The molecule has 3 rings (SSSR count). The van der Waals surface area contributed by atoms with Gasteiger partial charge in [-0.15, -0.1) is 11.8 Å². The highest BCUT2D eigenvalue weighted by molar-refractivity contribution is 7.98. The maximum atomic E-state index is 12.2. The van der Waals surface area contributed by atoms with Crippen LogP contribution in [0.25, 0.3) is 10.8 Å². The van der Waals surface area contributed by atoms with Crippen LogP contribution in [0.4, 0.5) is 0 Å². The van der Waals surface area contributed by atoms with E-state index in [1.807, 2.05) is 67.8 Å². The van der Waals surface area contributed by atoms with Crippen LogP contribution >= 0.6 is 11.8 Å². The number of ether oxygens (including phenoxy) is 1. The zero-order valence-corrected chi connectivity index (χ0v) is 18.4. The molecule has 1 atom stereocenters. The first kappa shape index (κ1) is 22.6. The van der Waals surface area contributed by atoms with Crippen molar-refractivity contribution in [3.05, 3.63) is 77.9 Å². The third-order valence-electron chi connectivity index (χ3n) is 5.00. The number of amides is 1. The molecule has 5 nitrogen and oxygen atoms in total. The molecule has 0 unspecified atom stereocenters. The SMILES string of the molecule is CSc1ccc(C(=O)CCC(=O)OCC(=O)N[C@H](C)c2cccc3ccccc23)cc1. The lowest BCUT2D eigenvalue weighted by molar-refractivity contribution is -0.148. The van der Waals surface area contributed by atoms with Gasteiger partial charge in [-0.1, -0.05) is 54.6 Å². The molecule has 0 bridgehead atoms. The molecule has 0 saturated heterocycles. The molecule has 1 N–H and O–H groups in total. The predicted octanol–water partition coefficient (Wildman–Crippen LogP) is 4.95. The van der Waals surface area contributed by atoms with E-state index >= 15 is 0 Å². The standard InChI is InChI=1S/C25H25NO4S/c1-17(21-9-5-7-18-6-3-4-8-22(18)21)26-24(28)16-30-25(29)15-14-23(27)19-10-12-20(31-2)13-11-19/h3-13,17H,14-16H2,1-2H3,(H,26,28)/t17-/m1/s1. The van der Waals surface area contributed by atoms with E-state index < -0.39 is 5.97 Å². The normalized spacial score (nSPS) is 11.7. The van der Waals surface area contributed by atoms with E-state index in [4.69, 9.17) is 4.74 Å². The molecule has 0 radical (unpaired) electrons. The molecular formula is C25H25NO4S. The zero-order valence-electron chi connectivity index (χ0n) is 17.6. The number of hydrogen-bond donors (Lipinski definition) is 1. The van der Waals surface area contributed by atoms with Gasteiger partial charge in [0.05, 0.1) is 12.5 Å². The van der Waals surface area contributed by atoms with Gasteiger partial charge in [0.25, 0.3) is 5.91 Å². The summed E-state index contributed by atoms with van der Waals surface area (Å²) in [6, 6.07) is 20.9. The quantitative estimate of drug-likeness (QED) is 0.293. The van der Waals surface area contributed by atoms with E-state index in [1.165, 1.54) is 0 Å². The molecule has 0 aliphatic heterocycles. The topological polar surface area (TPSA) is 72.5 Å². The van der Waals surface area contributed by atoms with Crippen LogP contribution in [-0.4, -0.2) is 30.5 Å². The van der Waals surface area contributed by atoms with Crippen LogP contribution < -0.4 is 5.32 Å². The number of ketones is 1. The third-order valence-corrected chi connectivity index (χ3v) is 5.74. The van der Waals surface area contributed by atoms with Gasteiger partial charge < -0.3 is 10.1 Å². The molecule has 160 valence electrons. The van der Waals surface area contributed by atoms with Crippen LogP contribution in [0.1, 0.15) is 41.7 Å². The minimum absolute atomic E-state index is 0.0471. The molecule has 3 aromatic rings. The lowest BCUT2D eigenvalue weighted by Crippen LogP contribution is -2.31. The highest BCUT2D eigenvalue weighted by atomic mass is 32.2. The van der Waals surface area contributed by atoms with E-state index in [0.717, 1.165) is 21.2 Å². The second-order valence-electron chi connectivity index (χ2n) is 7.17. The van der Waals surface area contributed by atoms with Crippen LogP contribution in [0.15, 0.2) is 71.6 Å². The van der Waals surface area contributed by atoms with Crippen molar-refractivity contribution in [1.29, 1.82) is 0 Å². The van der Waals surface area contributed by atoms with Crippen molar-refractivity contribution in [2.75, 3.05) is 12.9 Å². The molecule has 0 heterocycles. The maximum Gasteiger partial charge on any atom is 0.306 e. The second kappa shape index (κ2) is 10.8. The molecule has 3 aromatic carbocycles. The molecular weight excluding hydrogens is 410 g/mol. The monoisotopic (exact) mass is 435 g/mol. The molecule has 0 saturated carbocycles. The Hall–Kier alpha value is -3.12. The van der Waals surface area contributed by atoms with Crippen molar-refractivity contribution in [2.24, 2.45) is 0 Å². The first-order valence-electron chi connectivity index (χ1n) is 10.1. The van der Waals surface area contributed by atoms with Gasteiger partial charge in [-0.3, -0.25) is 14.4 Å². The van der Waals surface area contributed by atoms with Gasteiger partial charge in [-0.2, -0.15) is 0 Å². The molecule has 1 amide bonds. The number of benzene rings is 3. The van der Waals surface area contributed by atoms with Crippen molar-refractivity contribution < 1.29 is 19.1 Å². The number of fused-ring (bicyclic) bond motifs is 1. The van der Waals surface area contributed by atoms with Crippen LogP contribution in [0.3, 0.4) is 0 Å². The zero-order chi connectivity index (χ0) is 22.2. The summed E-state index contributed by atoms with van der Waals surface area (Å²) in [5, 5.41) is 5.03. The van der Waals surface area contributed by atoms with Crippen molar-refractivity contribution in [2.45, 2.75) is 30.7 Å². The Kier molecular flexibility index (Phi) is 7.84. The number of rotatable bonds is 9. The van der Waals surface area contributed by atoms with Crippen LogP contribution in [0.5, 0.6) is 0 Å². The molecule has 31 heavy (non-hydrogen) atoms. The Bertz CT molecular complexity index is 1070. The average Bonchev–Trinajstić information content (AvgIpc) is 2.80. The average molecular weight is 436 g/mol. The Balaban J connectivity index is 1.45. The Morgan fingerprint density at radius 1 is 0.935 bits per heavy atom. The van der Waals surface area contributed by atoms with E-state index in [0.29, 0.717) is 5.56 Å². The molecule has 0 aromatic heterocycles. The van der Waals surface area contributed by atoms with Crippen molar-refractivity contribution in [3.63, 3.8) is 0 Å². The number of Topliss-reactive ketones (excluding diaryl/α,β-unsaturated/α-hetero) is 1. The van der Waals surface area contributed by atoms with E-state index in [-0.39, 0.29) is 37.2 Å². The minimum Gasteiger partial charge on any atom is -0.456 e. The summed E-state index contributed by atoms with van der Waals surface area (Å²) in [5.74, 6) is -1.08. The largest absolute Gasteiger partial charge is 0.456 e. The smallest absolute Gasteiger partial charge is 0.306 e. The van der Waals surface area contributed by atoms with Gasteiger partial charge in [0.15, 0.2) is 12.4 Å². The van der Waals surface area contributed by atoms with Gasteiger partial charge in [-0.25, -0.2) is 0 Å². The van der Waals surface area contributed by atoms with E-state index in [2.05, 4.69) is 5.32 Å². The van der Waals surface area contributed by atoms with Crippen LogP contribution in [-0.2, 0) is 14.3 Å². The van der Waals surface area contributed by atoms with Crippen molar-refractivity contribution in [3.8, 4) is 0 Å². The number of esters is 1. The number of carbonyl (C=O) groups excluding carboxylic acids is 3. The number of thioether (sulfide) groups is 1. The fraction of sp³-hybridized carbons (Fsp3) is 0.240. The molecule has 0 fully saturated rings. The lowest BCUT2D eigenvalue weighted by Gasteiger charge is -2.16. The minimum atomic E-state index is -0.568. The first-order valence-corrected chi connectivity index (χ1v) is 11.3. The molecule has 0 aliphatic carbocycles. The fourth-order valence-corrected chi connectivity index (χ4v) is 3.75. The Morgan fingerprint density at radius 3 is 2.39 bits per heavy atom. The van der Waals surface area contributed by atoms with Crippen LogP contribution in [0.2, 0.25) is 0 Å². The maximum absolute atomic E-state index is 12.2. The van der Waals surface area contributed by atoms with Gasteiger partial charge in [0, 0.05) is 16.9 Å². The number of nitrogens with one attached hydrogen (secondary N) is 1. The van der Waals surface area contributed by atoms with E-state index in [1.54, 1.807) is 23.9 Å². The highest BCUT2D eigenvalue weighted by Crippen LogP contribution is 2.24. The van der Waals surface area contributed by atoms with Gasteiger partial charge in [-0.05, 0) is 41.6 Å². The summed E-state index contributed by atoms with van der Waals surface area (Å²) in [6.45, 7) is 1.52. The fourth-order valence-electron chi connectivity index (χ4n) is 3.34. The summed E-state index contributed by atoms with van der Waals surface area (Å²) in [6.07, 6.45) is 1.95. The van der Waals surface area contributed by atoms with Crippen molar-refractivity contribution >= 4 is 40.2 Å². The Morgan fingerprint density at radius 2 is 1.65 bits per heavy atom. The molecule has 6 heteroatoms. The summed E-state index contributed by atoms with van der Waals surface area (Å²) in [4.78, 5) is 37.5. The molecule has 0 spiro atoms. The second-order valence-corrected chi connectivity index (χ2v) is 8.05. The lowest BCUT2D eigenvalue weighted by atomic mass is 10.00. The van der Waals surface area contributed by atoms with E-state index in [9.17, 15) is 14.4 Å². The summed E-state index contributed by atoms with van der Waals surface area (Å²) >= 11 is 1.60. The number of hydrogen-bond acceptors (Lipinski definition) is 5. The summed E-state index contributed by atoms with van der Waals surface area (Å²) in [5.41, 5.74) is 1.56. The van der Waals surface area contributed by atoms with Gasteiger partial charge in [0.1, 0.15) is 0 Å². The highest BCUT2D eigenvalue weighted by Gasteiger charge is 2.15. The predicted molar refractivity (Wildman–Crippen MR) is 123 cm³/mol. The van der Waals surface area contributed by atoms with Crippen molar-refractivity contribution in [1.82, 2.24) is 5.32 Å². The molecule has 0 aliphatic rings. The van der Waals surface area contributed by atoms with Gasteiger partial charge in [0.2, 0.25) is 0 Å². The number of carbonyl (C=O) groups is 3. The summed E-state index contributed by atoms with van der Waals surface area (Å²) in [7, 11) is 0. The third kappa shape index (κ3) is 6.18.